The summed E-state index contributed by atoms with van der Waals surface area (Å²) in [7, 11) is -3.72. The van der Waals surface area contributed by atoms with Gasteiger partial charge < -0.3 is 14.2 Å². The normalized spacial score (nSPS) is 22.6. The van der Waals surface area contributed by atoms with Gasteiger partial charge in [-0.25, -0.2) is 8.42 Å². The molecule has 0 bridgehead atoms. The molecule has 180 valence electrons. The van der Waals surface area contributed by atoms with Gasteiger partial charge >= 0.3 is 0 Å². The topological polar surface area (TPSA) is 103 Å². The minimum Gasteiger partial charge on any atom is -0.442 e. The smallest absolute Gasteiger partial charge is 0.276 e. The number of H-pyrrole nitrogens is 1. The van der Waals surface area contributed by atoms with Gasteiger partial charge in [0.2, 0.25) is 11.0 Å². The maximum Gasteiger partial charge on any atom is 0.276 e. The number of carbonyl (C=O) groups is 1. The summed E-state index contributed by atoms with van der Waals surface area (Å²) in [6.45, 7) is 4.71. The second-order valence-corrected chi connectivity index (χ2v) is 11.3. The summed E-state index contributed by atoms with van der Waals surface area (Å²) in [6, 6.07) is 5.45. The first-order valence-electron chi connectivity index (χ1n) is 12.1. The lowest BCUT2D eigenvalue weighted by Gasteiger charge is -2.41. The molecule has 5 heterocycles. The van der Waals surface area contributed by atoms with Crippen molar-refractivity contribution in [1.82, 2.24) is 24.3 Å². The Labute approximate surface area is 195 Å². The van der Waals surface area contributed by atoms with E-state index >= 15 is 0 Å². The molecule has 0 spiro atoms. The molecule has 33 heavy (non-hydrogen) atoms. The third kappa shape index (κ3) is 4.74. The molecule has 0 atom stereocenters. The van der Waals surface area contributed by atoms with Crippen LogP contribution in [0.2, 0.25) is 0 Å². The Morgan fingerprint density at radius 3 is 2.33 bits per heavy atom. The lowest BCUT2D eigenvalue weighted by atomic mass is 9.94. The average Bonchev–Trinajstić information content (AvgIpc) is 3.57. The van der Waals surface area contributed by atoms with E-state index in [1.807, 2.05) is 4.90 Å². The molecule has 10 heteroatoms. The molecule has 0 aliphatic carbocycles. The Kier molecular flexibility index (Phi) is 6.58. The zero-order valence-corrected chi connectivity index (χ0v) is 19.8. The molecule has 2 aromatic rings. The highest BCUT2D eigenvalue weighted by atomic mass is 32.2. The van der Waals surface area contributed by atoms with Gasteiger partial charge in [-0.1, -0.05) is 6.42 Å². The van der Waals surface area contributed by atoms with Crippen molar-refractivity contribution in [3.8, 4) is 11.5 Å². The molecular formula is C23H33N5O4S. The number of nitrogens with one attached hydrogen (secondary N) is 1. The van der Waals surface area contributed by atoms with Crippen molar-refractivity contribution in [2.75, 3.05) is 39.3 Å². The van der Waals surface area contributed by atoms with Crippen molar-refractivity contribution in [1.29, 1.82) is 0 Å². The zero-order chi connectivity index (χ0) is 22.8. The highest BCUT2D eigenvalue weighted by molar-refractivity contribution is 7.89. The second kappa shape index (κ2) is 9.60. The van der Waals surface area contributed by atoms with Crippen molar-refractivity contribution < 1.29 is 17.6 Å². The number of aromatic nitrogens is 2. The van der Waals surface area contributed by atoms with E-state index in [1.165, 1.54) is 42.7 Å². The summed E-state index contributed by atoms with van der Waals surface area (Å²) < 4.78 is 33.1. The fourth-order valence-corrected chi connectivity index (χ4v) is 6.84. The van der Waals surface area contributed by atoms with Crippen LogP contribution in [0.5, 0.6) is 0 Å². The Bertz CT molecular complexity index is 1030. The van der Waals surface area contributed by atoms with Gasteiger partial charge in [0, 0.05) is 44.3 Å². The number of hydrogen-bond acceptors (Lipinski definition) is 6. The fourth-order valence-electron chi connectivity index (χ4n) is 5.46. The predicted molar refractivity (Wildman–Crippen MR) is 123 cm³/mol. The van der Waals surface area contributed by atoms with Crippen LogP contribution in [0.3, 0.4) is 0 Å². The summed E-state index contributed by atoms with van der Waals surface area (Å²) in [5.74, 6) is 0.535. The van der Waals surface area contributed by atoms with Crippen LogP contribution in [-0.2, 0) is 14.8 Å². The third-order valence-corrected chi connectivity index (χ3v) is 9.20. The summed E-state index contributed by atoms with van der Waals surface area (Å²) in [6.07, 6.45) is 8.73. The molecule has 1 amide bonds. The van der Waals surface area contributed by atoms with Crippen LogP contribution in [0.25, 0.3) is 11.5 Å². The van der Waals surface area contributed by atoms with Crippen molar-refractivity contribution >= 4 is 15.9 Å². The minimum atomic E-state index is -3.72. The van der Waals surface area contributed by atoms with E-state index in [1.54, 1.807) is 18.3 Å². The van der Waals surface area contributed by atoms with Crippen LogP contribution in [0.1, 0.15) is 44.9 Å². The van der Waals surface area contributed by atoms with Crippen molar-refractivity contribution in [2.45, 2.75) is 56.1 Å². The van der Waals surface area contributed by atoms with Crippen LogP contribution >= 0.6 is 0 Å². The van der Waals surface area contributed by atoms with E-state index < -0.39 is 10.0 Å². The summed E-state index contributed by atoms with van der Waals surface area (Å²) >= 11 is 0. The highest BCUT2D eigenvalue weighted by Gasteiger charge is 2.36. The predicted octanol–water partition coefficient (Wildman–Crippen LogP) is 2.55. The second-order valence-electron chi connectivity index (χ2n) is 9.42. The number of rotatable bonds is 5. The van der Waals surface area contributed by atoms with Crippen molar-refractivity contribution in [3.05, 3.63) is 24.4 Å². The Hall–Kier alpha value is -2.17. The average molecular weight is 476 g/mol. The Morgan fingerprint density at radius 2 is 1.67 bits per heavy atom. The van der Waals surface area contributed by atoms with E-state index in [4.69, 9.17) is 4.42 Å². The number of hydrogen-bond donors (Lipinski definition) is 1. The van der Waals surface area contributed by atoms with Crippen LogP contribution in [0, 0.1) is 5.92 Å². The molecule has 5 rings (SSSR count). The highest BCUT2D eigenvalue weighted by Crippen LogP contribution is 2.29. The van der Waals surface area contributed by atoms with E-state index in [0.717, 1.165) is 25.9 Å². The first kappa shape index (κ1) is 22.6. The van der Waals surface area contributed by atoms with Gasteiger partial charge in [0.15, 0.2) is 5.76 Å². The maximum atomic E-state index is 13.1. The molecule has 3 saturated heterocycles. The lowest BCUT2D eigenvalue weighted by Crippen LogP contribution is -2.50. The summed E-state index contributed by atoms with van der Waals surface area (Å²) in [5, 5.41) is 6.57. The molecular weight excluding hydrogens is 442 g/mol. The third-order valence-electron chi connectivity index (χ3n) is 7.43. The van der Waals surface area contributed by atoms with Crippen LogP contribution in [-0.4, -0.2) is 83.9 Å². The molecule has 3 fully saturated rings. The van der Waals surface area contributed by atoms with Crippen LogP contribution < -0.4 is 0 Å². The molecule has 1 N–H and O–H groups in total. The summed E-state index contributed by atoms with van der Waals surface area (Å²) in [4.78, 5) is 17.7. The summed E-state index contributed by atoms with van der Waals surface area (Å²) in [5.41, 5.74) is 0.629. The monoisotopic (exact) mass is 475 g/mol. The largest absolute Gasteiger partial charge is 0.442 e. The van der Waals surface area contributed by atoms with Gasteiger partial charge in [0.05, 0.1) is 0 Å². The van der Waals surface area contributed by atoms with Gasteiger partial charge in [0.1, 0.15) is 5.69 Å². The van der Waals surface area contributed by atoms with Crippen molar-refractivity contribution in [3.63, 3.8) is 0 Å². The number of carbonyl (C=O) groups excluding carboxylic acids is 1. The number of piperidine rings is 3. The molecule has 3 aliphatic rings. The Morgan fingerprint density at radius 1 is 0.939 bits per heavy atom. The minimum absolute atomic E-state index is 0.0725. The van der Waals surface area contributed by atoms with Gasteiger partial charge in [-0.15, -0.1) is 0 Å². The molecule has 0 saturated carbocycles. The zero-order valence-electron chi connectivity index (χ0n) is 19.0. The first-order chi connectivity index (χ1) is 16.0. The number of amides is 1. The first-order valence-corrected chi connectivity index (χ1v) is 13.6. The molecule has 0 radical (unpaired) electrons. The van der Waals surface area contributed by atoms with Gasteiger partial charge in [-0.3, -0.25) is 9.89 Å². The molecule has 9 nitrogen and oxygen atoms in total. The molecule has 0 unspecified atom stereocenters. The quantitative estimate of drug-likeness (QED) is 0.713. The van der Waals surface area contributed by atoms with E-state index in [9.17, 15) is 13.2 Å². The maximum absolute atomic E-state index is 13.1. The number of likely N-dealkylation sites (tertiary alicyclic amines) is 2. The van der Waals surface area contributed by atoms with Crippen molar-refractivity contribution in [2.24, 2.45) is 5.92 Å². The lowest BCUT2D eigenvalue weighted by molar-refractivity contribution is -0.138. The SMILES string of the molecule is O=C(C1CCN(S(=O)(=O)c2ccc(-c3ccn[nH]3)o2)CC1)N1CCC(N2CCCCC2)CC1. The van der Waals surface area contributed by atoms with E-state index in [0.29, 0.717) is 43.4 Å². The van der Waals surface area contributed by atoms with Gasteiger partial charge in [-0.2, -0.15) is 9.40 Å². The molecule has 2 aromatic heterocycles. The number of nitrogens with zero attached hydrogens (tertiary/aromatic N) is 4. The molecule has 3 aliphatic heterocycles. The molecule has 0 aromatic carbocycles. The van der Waals surface area contributed by atoms with E-state index in [2.05, 4.69) is 15.1 Å². The van der Waals surface area contributed by atoms with Gasteiger partial charge in [0.25, 0.3) is 10.0 Å². The van der Waals surface area contributed by atoms with Gasteiger partial charge in [-0.05, 0) is 69.8 Å². The number of sulfonamides is 1. The van der Waals surface area contributed by atoms with E-state index in [-0.39, 0.29) is 16.9 Å². The standard InChI is InChI=1S/C23H33N5O4S/c29-23(27-14-9-19(10-15-27)26-12-2-1-3-13-26)18-7-16-28(17-8-18)33(30,31)22-5-4-21(32-22)20-6-11-24-25-20/h4-6,11,18-19H,1-3,7-10,12-17H2,(H,24,25). The van der Waals surface area contributed by atoms with Crippen LogP contribution in [0.4, 0.5) is 0 Å². The van der Waals surface area contributed by atoms with Crippen LogP contribution in [0.15, 0.2) is 33.9 Å². The fraction of sp³-hybridized carbons (Fsp3) is 0.652. The number of aromatic amines is 1. The number of furan rings is 1. The Balaban J connectivity index is 1.13.